The van der Waals surface area contributed by atoms with Gasteiger partial charge in [-0.05, 0) is 56.3 Å². The van der Waals surface area contributed by atoms with Gasteiger partial charge in [-0.3, -0.25) is 0 Å². The summed E-state index contributed by atoms with van der Waals surface area (Å²) in [5, 5.41) is 0. The summed E-state index contributed by atoms with van der Waals surface area (Å²) in [7, 11) is 0. The van der Waals surface area contributed by atoms with E-state index in [9.17, 15) is 0 Å². The van der Waals surface area contributed by atoms with Crippen LogP contribution in [0.4, 0.5) is 0 Å². The molecule has 0 rings (SSSR count). The van der Waals surface area contributed by atoms with E-state index in [2.05, 4.69) is 50.5 Å². The first-order valence-corrected chi connectivity index (χ1v) is 11.7. The van der Waals surface area contributed by atoms with Gasteiger partial charge in [-0.15, -0.1) is 0 Å². The summed E-state index contributed by atoms with van der Waals surface area (Å²) in [6, 6.07) is 0. The fourth-order valence-electron chi connectivity index (χ4n) is 3.76. The fraction of sp³-hybridized carbons (Fsp3) is 1.00. The van der Waals surface area contributed by atoms with E-state index >= 15 is 0 Å². The fourth-order valence-corrected chi connectivity index (χ4v) is 4.39. The van der Waals surface area contributed by atoms with Crippen LogP contribution in [0.2, 0.25) is 0 Å². The summed E-state index contributed by atoms with van der Waals surface area (Å²) in [6.07, 6.45) is 12.8. The van der Waals surface area contributed by atoms with Gasteiger partial charge in [-0.2, -0.15) is 0 Å². The number of unbranched alkanes of at least 4 members (excludes halogenated alkanes) is 4. The van der Waals surface area contributed by atoms with Gasteiger partial charge in [0.1, 0.15) is 6.79 Å². The van der Waals surface area contributed by atoms with Gasteiger partial charge in [-0.25, -0.2) is 0 Å². The molecule has 2 nitrogen and oxygen atoms in total. The SMILES string of the molecule is CCCCCCCOCOCCCC(C)CC(C)CC(C)CC(C)Br. The second-order valence-corrected chi connectivity index (χ2v) is 9.86. The summed E-state index contributed by atoms with van der Waals surface area (Å²) in [5.74, 6) is 2.44. The zero-order chi connectivity index (χ0) is 18.9. The summed E-state index contributed by atoms with van der Waals surface area (Å²) < 4.78 is 11.1. The molecule has 0 radical (unpaired) electrons. The monoisotopic (exact) mass is 420 g/mol. The maximum absolute atomic E-state index is 5.60. The summed E-state index contributed by atoms with van der Waals surface area (Å²) in [4.78, 5) is 0.642. The lowest BCUT2D eigenvalue weighted by molar-refractivity contribution is -0.0561. The van der Waals surface area contributed by atoms with Crippen molar-refractivity contribution in [2.45, 2.75) is 104 Å². The zero-order valence-corrected chi connectivity index (χ0v) is 19.3. The standard InChI is InChI=1S/C22H45BrO2/c1-6-7-8-9-10-13-24-18-25-14-11-12-19(2)15-20(3)16-21(4)17-22(5)23/h19-22H,6-18H2,1-5H3. The van der Waals surface area contributed by atoms with Crippen molar-refractivity contribution in [3.05, 3.63) is 0 Å². The average Bonchev–Trinajstić information content (AvgIpc) is 2.51. The lowest BCUT2D eigenvalue weighted by Crippen LogP contribution is -2.11. The van der Waals surface area contributed by atoms with Crippen molar-refractivity contribution in [2.24, 2.45) is 17.8 Å². The molecule has 0 aromatic carbocycles. The minimum absolute atomic E-state index is 0.473. The largest absolute Gasteiger partial charge is 0.355 e. The maximum atomic E-state index is 5.60. The molecule has 0 aromatic rings. The lowest BCUT2D eigenvalue weighted by Gasteiger charge is -2.21. The van der Waals surface area contributed by atoms with Gasteiger partial charge in [0.05, 0.1) is 0 Å². The van der Waals surface area contributed by atoms with Gasteiger partial charge in [0.25, 0.3) is 0 Å². The first-order chi connectivity index (χ1) is 12.0. The molecule has 0 saturated heterocycles. The van der Waals surface area contributed by atoms with E-state index in [4.69, 9.17) is 9.47 Å². The van der Waals surface area contributed by atoms with Crippen LogP contribution in [-0.2, 0) is 9.47 Å². The first kappa shape index (κ1) is 25.4. The number of hydrogen-bond acceptors (Lipinski definition) is 2. The topological polar surface area (TPSA) is 18.5 Å². The Morgan fingerprint density at radius 3 is 1.88 bits per heavy atom. The van der Waals surface area contributed by atoms with E-state index in [1.54, 1.807) is 0 Å². The van der Waals surface area contributed by atoms with Crippen molar-refractivity contribution in [3.63, 3.8) is 0 Å². The third-order valence-electron chi connectivity index (χ3n) is 4.88. The minimum atomic E-state index is 0.473. The zero-order valence-electron chi connectivity index (χ0n) is 17.7. The van der Waals surface area contributed by atoms with Gasteiger partial charge < -0.3 is 9.47 Å². The van der Waals surface area contributed by atoms with E-state index < -0.39 is 0 Å². The third kappa shape index (κ3) is 19.0. The van der Waals surface area contributed by atoms with E-state index in [1.165, 1.54) is 57.8 Å². The molecule has 0 bridgehead atoms. The van der Waals surface area contributed by atoms with Crippen LogP contribution < -0.4 is 0 Å². The van der Waals surface area contributed by atoms with Crippen molar-refractivity contribution in [1.82, 2.24) is 0 Å². The van der Waals surface area contributed by atoms with E-state index in [-0.39, 0.29) is 0 Å². The molecule has 0 amide bonds. The highest BCUT2D eigenvalue weighted by molar-refractivity contribution is 9.09. The molecule has 0 aromatic heterocycles. The highest BCUT2D eigenvalue weighted by atomic mass is 79.9. The number of ether oxygens (including phenoxy) is 2. The average molecular weight is 422 g/mol. The van der Waals surface area contributed by atoms with Crippen molar-refractivity contribution >= 4 is 15.9 Å². The van der Waals surface area contributed by atoms with Crippen LogP contribution in [0.1, 0.15) is 98.8 Å². The maximum Gasteiger partial charge on any atom is 0.146 e. The quantitative estimate of drug-likeness (QED) is 0.129. The Balaban J connectivity index is 3.41. The second-order valence-electron chi connectivity index (χ2n) is 8.29. The van der Waals surface area contributed by atoms with Gasteiger partial charge in [0.2, 0.25) is 0 Å². The number of alkyl halides is 1. The normalized spacial score (nSPS) is 16.6. The molecule has 3 heteroatoms. The second kappa shape index (κ2) is 17.8. The molecule has 0 heterocycles. The molecule has 0 spiro atoms. The molecule has 0 saturated carbocycles. The predicted molar refractivity (Wildman–Crippen MR) is 114 cm³/mol. The molecule has 4 unspecified atom stereocenters. The Morgan fingerprint density at radius 2 is 1.24 bits per heavy atom. The molecule has 0 aliphatic carbocycles. The van der Waals surface area contributed by atoms with E-state index in [0.29, 0.717) is 11.6 Å². The van der Waals surface area contributed by atoms with Crippen LogP contribution in [0.3, 0.4) is 0 Å². The van der Waals surface area contributed by atoms with Gasteiger partial charge in [0, 0.05) is 18.0 Å². The highest BCUT2D eigenvalue weighted by Crippen LogP contribution is 2.25. The van der Waals surface area contributed by atoms with Crippen LogP contribution in [0, 0.1) is 17.8 Å². The van der Waals surface area contributed by atoms with Gasteiger partial charge >= 0.3 is 0 Å². The number of rotatable bonds is 18. The minimum Gasteiger partial charge on any atom is -0.355 e. The van der Waals surface area contributed by atoms with Gasteiger partial charge in [-0.1, -0.05) is 76.2 Å². The summed E-state index contributed by atoms with van der Waals surface area (Å²) in [5.41, 5.74) is 0. The Kier molecular flexibility index (Phi) is 18.1. The van der Waals surface area contributed by atoms with Crippen molar-refractivity contribution in [2.75, 3.05) is 20.0 Å². The third-order valence-corrected chi connectivity index (χ3v) is 5.25. The van der Waals surface area contributed by atoms with Crippen LogP contribution in [-0.4, -0.2) is 24.8 Å². The van der Waals surface area contributed by atoms with E-state index in [1.807, 2.05) is 0 Å². The molecule has 4 atom stereocenters. The molecule has 0 fully saturated rings. The molecule has 152 valence electrons. The van der Waals surface area contributed by atoms with Crippen molar-refractivity contribution < 1.29 is 9.47 Å². The van der Waals surface area contributed by atoms with Crippen LogP contribution in [0.15, 0.2) is 0 Å². The Labute approximate surface area is 166 Å². The Bertz CT molecular complexity index is 271. The molecule has 0 aliphatic heterocycles. The Hall–Kier alpha value is 0.400. The van der Waals surface area contributed by atoms with Crippen LogP contribution >= 0.6 is 15.9 Å². The van der Waals surface area contributed by atoms with Crippen molar-refractivity contribution in [3.8, 4) is 0 Å². The molecule has 0 N–H and O–H groups in total. The number of halogens is 1. The molecule has 25 heavy (non-hydrogen) atoms. The lowest BCUT2D eigenvalue weighted by atomic mass is 9.86. The summed E-state index contributed by atoms with van der Waals surface area (Å²) >= 11 is 3.67. The molecular weight excluding hydrogens is 376 g/mol. The highest BCUT2D eigenvalue weighted by Gasteiger charge is 2.13. The predicted octanol–water partition coefficient (Wildman–Crippen LogP) is 7.59. The van der Waals surface area contributed by atoms with Crippen LogP contribution in [0.5, 0.6) is 0 Å². The Morgan fingerprint density at radius 1 is 0.680 bits per heavy atom. The van der Waals surface area contributed by atoms with E-state index in [0.717, 1.165) is 37.4 Å². The van der Waals surface area contributed by atoms with Gasteiger partial charge in [0.15, 0.2) is 0 Å². The molecule has 0 aliphatic rings. The molecular formula is C22H45BrO2. The summed E-state index contributed by atoms with van der Waals surface area (Å²) in [6.45, 7) is 13.8. The first-order valence-electron chi connectivity index (χ1n) is 10.7. The van der Waals surface area contributed by atoms with Crippen LogP contribution in [0.25, 0.3) is 0 Å². The van der Waals surface area contributed by atoms with Crippen molar-refractivity contribution in [1.29, 1.82) is 0 Å². The number of hydrogen-bond donors (Lipinski definition) is 0. The smallest absolute Gasteiger partial charge is 0.146 e.